The maximum atomic E-state index is 13.2. The summed E-state index contributed by atoms with van der Waals surface area (Å²) in [6, 6.07) is 5.25. The van der Waals surface area contributed by atoms with Gasteiger partial charge in [-0.15, -0.1) is 0 Å². The zero-order valence-electron chi connectivity index (χ0n) is 16.7. The summed E-state index contributed by atoms with van der Waals surface area (Å²) in [5, 5.41) is 0. The first kappa shape index (κ1) is 20.4. The van der Waals surface area contributed by atoms with Crippen LogP contribution in [0.5, 0.6) is 11.5 Å². The predicted molar refractivity (Wildman–Crippen MR) is 105 cm³/mol. The molecule has 27 heavy (non-hydrogen) atoms. The van der Waals surface area contributed by atoms with Gasteiger partial charge in [-0.1, -0.05) is 0 Å². The fraction of sp³-hybridized carbons (Fsp3) is 0.684. The first-order chi connectivity index (χ1) is 12.8. The van der Waals surface area contributed by atoms with Crippen molar-refractivity contribution in [3.63, 3.8) is 0 Å². The average Bonchev–Trinajstić information content (AvgIpc) is 2.63. The number of hydrogen-bond donors (Lipinski definition) is 0. The third-order valence-corrected chi connectivity index (χ3v) is 7.07. The van der Waals surface area contributed by atoms with Gasteiger partial charge >= 0.3 is 0 Å². The third-order valence-electron chi connectivity index (χ3n) is 5.24. The Morgan fingerprint density at radius 3 is 2.33 bits per heavy atom. The lowest BCUT2D eigenvalue weighted by Crippen LogP contribution is -2.58. The van der Waals surface area contributed by atoms with Crippen LogP contribution in [0.3, 0.4) is 0 Å². The Morgan fingerprint density at radius 1 is 1.07 bits per heavy atom. The van der Waals surface area contributed by atoms with Crippen LogP contribution >= 0.6 is 0 Å². The van der Waals surface area contributed by atoms with E-state index in [0.717, 1.165) is 19.5 Å². The fourth-order valence-corrected chi connectivity index (χ4v) is 5.47. The summed E-state index contributed by atoms with van der Waals surface area (Å²) in [4.78, 5) is 4.87. The van der Waals surface area contributed by atoms with Gasteiger partial charge < -0.3 is 14.4 Å². The molecule has 1 aromatic rings. The van der Waals surface area contributed by atoms with Crippen LogP contribution in [0, 0.1) is 0 Å². The predicted octanol–water partition coefficient (Wildman–Crippen LogP) is 1.49. The number of sulfonamides is 1. The summed E-state index contributed by atoms with van der Waals surface area (Å²) < 4.78 is 39.0. The molecule has 0 spiro atoms. The van der Waals surface area contributed by atoms with Crippen molar-refractivity contribution in [2.75, 3.05) is 53.5 Å². The van der Waals surface area contributed by atoms with E-state index in [1.54, 1.807) is 22.5 Å². The lowest BCUT2D eigenvalue weighted by atomic mass is 10.1. The molecule has 2 unspecified atom stereocenters. The highest BCUT2D eigenvalue weighted by Crippen LogP contribution is 2.33. The van der Waals surface area contributed by atoms with Gasteiger partial charge in [0, 0.05) is 37.8 Å². The van der Waals surface area contributed by atoms with Gasteiger partial charge in [-0.25, -0.2) is 8.42 Å². The summed E-state index contributed by atoms with van der Waals surface area (Å²) in [5.41, 5.74) is 0. The van der Waals surface area contributed by atoms with E-state index >= 15 is 0 Å². The monoisotopic (exact) mass is 397 g/mol. The van der Waals surface area contributed by atoms with Crippen LogP contribution in [-0.4, -0.2) is 88.1 Å². The van der Waals surface area contributed by atoms with Crippen molar-refractivity contribution in [1.29, 1.82) is 0 Å². The van der Waals surface area contributed by atoms with E-state index < -0.39 is 10.0 Å². The Kier molecular flexibility index (Phi) is 6.30. The van der Waals surface area contributed by atoms with Gasteiger partial charge in [0.05, 0.1) is 4.90 Å². The molecule has 2 aliphatic heterocycles. The van der Waals surface area contributed by atoms with E-state index in [1.807, 2.05) is 0 Å². The third kappa shape index (κ3) is 4.56. The largest absolute Gasteiger partial charge is 0.486 e. The standard InChI is InChI=1S/C19H31N3O4S/c1-15-13-21(14-16(2)22(15)9-5-8-20(3)4)27(23,24)17-6-7-18-19(12-17)26-11-10-25-18/h6-7,12,15-16H,5,8-11,13-14H2,1-4H3. The molecule has 7 nitrogen and oxygen atoms in total. The minimum atomic E-state index is -3.56. The molecular formula is C19H31N3O4S. The lowest BCUT2D eigenvalue weighted by molar-refractivity contribution is 0.0740. The minimum absolute atomic E-state index is 0.183. The zero-order chi connectivity index (χ0) is 19.6. The number of nitrogens with zero attached hydrogens (tertiary/aromatic N) is 3. The fourth-order valence-electron chi connectivity index (χ4n) is 3.85. The first-order valence-electron chi connectivity index (χ1n) is 9.59. The molecule has 2 atom stereocenters. The van der Waals surface area contributed by atoms with Gasteiger partial charge in [0.25, 0.3) is 0 Å². The highest BCUT2D eigenvalue weighted by atomic mass is 32.2. The molecule has 0 N–H and O–H groups in total. The summed E-state index contributed by atoms with van der Waals surface area (Å²) >= 11 is 0. The number of piperazine rings is 1. The SMILES string of the molecule is CC1CN(S(=O)(=O)c2ccc3c(c2)OCCO3)CC(C)N1CCCN(C)C. The lowest BCUT2D eigenvalue weighted by Gasteiger charge is -2.44. The van der Waals surface area contributed by atoms with Crippen LogP contribution in [0.1, 0.15) is 20.3 Å². The number of ether oxygens (including phenoxy) is 2. The normalized spacial score (nSPS) is 24.3. The quantitative estimate of drug-likeness (QED) is 0.725. The summed E-state index contributed by atoms with van der Waals surface area (Å²) in [6.45, 7) is 8.18. The second-order valence-electron chi connectivity index (χ2n) is 7.72. The van der Waals surface area contributed by atoms with Gasteiger partial charge in [-0.3, -0.25) is 4.90 Å². The van der Waals surface area contributed by atoms with Crippen molar-refractivity contribution >= 4 is 10.0 Å². The molecule has 0 radical (unpaired) electrons. The van der Waals surface area contributed by atoms with E-state index in [4.69, 9.17) is 9.47 Å². The molecule has 0 saturated carbocycles. The van der Waals surface area contributed by atoms with Gasteiger partial charge in [-0.05, 0) is 53.0 Å². The van der Waals surface area contributed by atoms with E-state index in [2.05, 4.69) is 37.7 Å². The van der Waals surface area contributed by atoms with Crippen LogP contribution in [0.4, 0.5) is 0 Å². The van der Waals surface area contributed by atoms with Crippen molar-refractivity contribution < 1.29 is 17.9 Å². The number of rotatable bonds is 6. The molecule has 0 aromatic heterocycles. The summed E-state index contributed by atoms with van der Waals surface area (Å²) in [5.74, 6) is 1.11. The Hall–Kier alpha value is -1.35. The number of hydrogen-bond acceptors (Lipinski definition) is 6. The van der Waals surface area contributed by atoms with E-state index in [1.165, 1.54) is 0 Å². The van der Waals surface area contributed by atoms with Crippen molar-refractivity contribution in [1.82, 2.24) is 14.1 Å². The Balaban J connectivity index is 1.71. The van der Waals surface area contributed by atoms with Gasteiger partial charge in [0.2, 0.25) is 10.0 Å². The van der Waals surface area contributed by atoms with Gasteiger partial charge in [-0.2, -0.15) is 4.31 Å². The van der Waals surface area contributed by atoms with Crippen LogP contribution < -0.4 is 9.47 Å². The smallest absolute Gasteiger partial charge is 0.243 e. The van der Waals surface area contributed by atoms with Gasteiger partial charge in [0.15, 0.2) is 11.5 Å². The maximum absolute atomic E-state index is 13.2. The molecule has 2 heterocycles. The molecule has 1 saturated heterocycles. The van der Waals surface area contributed by atoms with E-state index in [-0.39, 0.29) is 17.0 Å². The molecule has 152 valence electrons. The minimum Gasteiger partial charge on any atom is -0.486 e. The molecule has 1 aromatic carbocycles. The average molecular weight is 398 g/mol. The van der Waals surface area contributed by atoms with Crippen molar-refractivity contribution in [2.45, 2.75) is 37.2 Å². The molecule has 0 bridgehead atoms. The summed E-state index contributed by atoms with van der Waals surface area (Å²) in [6.07, 6.45) is 1.08. The number of fused-ring (bicyclic) bond motifs is 1. The molecule has 8 heteroatoms. The highest BCUT2D eigenvalue weighted by Gasteiger charge is 2.36. The van der Waals surface area contributed by atoms with Crippen LogP contribution in [0.2, 0.25) is 0 Å². The molecule has 0 aliphatic carbocycles. The molecule has 1 fully saturated rings. The molecule has 3 rings (SSSR count). The summed E-state index contributed by atoms with van der Waals surface area (Å²) in [7, 11) is 0.592. The Labute approximate surface area is 162 Å². The topological polar surface area (TPSA) is 62.3 Å². The van der Waals surface area contributed by atoms with Crippen LogP contribution in [0.15, 0.2) is 23.1 Å². The van der Waals surface area contributed by atoms with Crippen molar-refractivity contribution in [3.8, 4) is 11.5 Å². The van der Waals surface area contributed by atoms with Gasteiger partial charge in [0.1, 0.15) is 13.2 Å². The second kappa shape index (κ2) is 8.34. The number of benzene rings is 1. The Bertz CT molecular complexity index is 741. The van der Waals surface area contributed by atoms with Crippen LogP contribution in [-0.2, 0) is 10.0 Å². The molecular weight excluding hydrogens is 366 g/mol. The highest BCUT2D eigenvalue weighted by molar-refractivity contribution is 7.89. The maximum Gasteiger partial charge on any atom is 0.243 e. The molecule has 0 amide bonds. The zero-order valence-corrected chi connectivity index (χ0v) is 17.5. The Morgan fingerprint density at radius 2 is 1.70 bits per heavy atom. The van der Waals surface area contributed by atoms with E-state index in [9.17, 15) is 8.42 Å². The first-order valence-corrected chi connectivity index (χ1v) is 11.0. The van der Waals surface area contributed by atoms with E-state index in [0.29, 0.717) is 37.8 Å². The van der Waals surface area contributed by atoms with Crippen LogP contribution in [0.25, 0.3) is 0 Å². The van der Waals surface area contributed by atoms with Crippen molar-refractivity contribution in [2.24, 2.45) is 0 Å². The molecule has 2 aliphatic rings. The van der Waals surface area contributed by atoms with Crippen molar-refractivity contribution in [3.05, 3.63) is 18.2 Å². The second-order valence-corrected chi connectivity index (χ2v) is 9.66.